The number of hydrogen-bond acceptors (Lipinski definition) is 3. The molecule has 24 heavy (non-hydrogen) atoms. The quantitative estimate of drug-likeness (QED) is 0.752. The number of carbonyl (C=O) groups excluding carboxylic acids is 1. The summed E-state index contributed by atoms with van der Waals surface area (Å²) in [5.41, 5.74) is 7.70. The van der Waals surface area contributed by atoms with Gasteiger partial charge in [0.05, 0.1) is 0 Å². The lowest BCUT2D eigenvalue weighted by molar-refractivity contribution is 0.132. The Morgan fingerprint density at radius 2 is 1.67 bits per heavy atom. The van der Waals surface area contributed by atoms with E-state index in [0.717, 1.165) is 11.1 Å². The summed E-state index contributed by atoms with van der Waals surface area (Å²) in [5, 5.41) is 0. The Labute approximate surface area is 143 Å². The summed E-state index contributed by atoms with van der Waals surface area (Å²) < 4.78 is 5.18. The average molecular weight is 324 g/mol. The second-order valence-corrected chi connectivity index (χ2v) is 5.87. The molecule has 0 unspecified atom stereocenters. The summed E-state index contributed by atoms with van der Waals surface area (Å²) in [4.78, 5) is 11.8. The lowest BCUT2D eigenvalue weighted by Gasteiger charge is -2.19. The van der Waals surface area contributed by atoms with E-state index in [2.05, 4.69) is 24.7 Å². The van der Waals surface area contributed by atoms with Crippen LogP contribution in [-0.2, 0) is 11.3 Å². The molecule has 0 aliphatic heterocycles. The first-order chi connectivity index (χ1) is 11.6. The third-order valence-electron chi connectivity index (χ3n) is 3.57. The van der Waals surface area contributed by atoms with Gasteiger partial charge in [0.1, 0.15) is 6.61 Å². The predicted octanol–water partition coefficient (Wildman–Crippen LogP) is 4.16. The first-order valence-electron chi connectivity index (χ1n) is 8.10. The molecule has 0 bridgehead atoms. The number of carbonyl (C=O) groups is 1. The van der Waals surface area contributed by atoms with Crippen LogP contribution in [0.1, 0.15) is 25.0 Å². The van der Waals surface area contributed by atoms with Crippen molar-refractivity contribution in [2.75, 3.05) is 0 Å². The first kappa shape index (κ1) is 17.8. The van der Waals surface area contributed by atoms with Crippen LogP contribution in [0.25, 0.3) is 6.08 Å². The minimum absolute atomic E-state index is 0.00878. The van der Waals surface area contributed by atoms with E-state index in [9.17, 15) is 4.79 Å². The van der Waals surface area contributed by atoms with Gasteiger partial charge in [-0.3, -0.25) is 5.43 Å². The molecule has 0 heterocycles. The second-order valence-electron chi connectivity index (χ2n) is 5.87. The van der Waals surface area contributed by atoms with Gasteiger partial charge in [0.2, 0.25) is 0 Å². The van der Waals surface area contributed by atoms with Crippen molar-refractivity contribution in [1.82, 2.24) is 10.9 Å². The summed E-state index contributed by atoms with van der Waals surface area (Å²) in [7, 11) is 0. The molecule has 2 rings (SSSR count). The Balaban J connectivity index is 1.80. The molecule has 1 amide bonds. The molecule has 4 nitrogen and oxygen atoms in total. The van der Waals surface area contributed by atoms with Crippen molar-refractivity contribution in [1.29, 1.82) is 0 Å². The van der Waals surface area contributed by atoms with Crippen molar-refractivity contribution in [3.05, 3.63) is 77.9 Å². The Hall–Kier alpha value is -2.59. The molecule has 0 fully saturated rings. The number of hydrazine groups is 1. The van der Waals surface area contributed by atoms with Crippen LogP contribution in [0.5, 0.6) is 0 Å². The zero-order chi connectivity index (χ0) is 17.2. The minimum Gasteiger partial charge on any atom is -0.444 e. The van der Waals surface area contributed by atoms with Gasteiger partial charge < -0.3 is 4.74 Å². The van der Waals surface area contributed by atoms with Gasteiger partial charge in [-0.05, 0) is 17.0 Å². The fraction of sp³-hybridized carbons (Fsp3) is 0.250. The molecule has 0 saturated carbocycles. The highest BCUT2D eigenvalue weighted by Gasteiger charge is 2.11. The number of rotatable bonds is 7. The molecule has 4 heteroatoms. The molecule has 2 aromatic rings. The van der Waals surface area contributed by atoms with Gasteiger partial charge in [-0.25, -0.2) is 10.2 Å². The molecule has 2 aromatic carbocycles. The van der Waals surface area contributed by atoms with E-state index in [4.69, 9.17) is 4.74 Å². The molecule has 0 aromatic heterocycles. The highest BCUT2D eigenvalue weighted by molar-refractivity contribution is 5.66. The van der Waals surface area contributed by atoms with Crippen LogP contribution in [0.2, 0.25) is 0 Å². The van der Waals surface area contributed by atoms with Crippen LogP contribution in [0, 0.1) is 5.92 Å². The third kappa shape index (κ3) is 6.26. The Morgan fingerprint density at radius 3 is 2.29 bits per heavy atom. The van der Waals surface area contributed by atoms with Crippen LogP contribution in [-0.4, -0.2) is 12.1 Å². The van der Waals surface area contributed by atoms with Crippen LogP contribution in [0.3, 0.4) is 0 Å². The fourth-order valence-electron chi connectivity index (χ4n) is 2.12. The summed E-state index contributed by atoms with van der Waals surface area (Å²) in [6.07, 6.45) is 3.59. The van der Waals surface area contributed by atoms with Gasteiger partial charge in [0.15, 0.2) is 0 Å². The lowest BCUT2D eigenvalue weighted by atomic mass is 10.0. The molecule has 1 atom stereocenters. The van der Waals surface area contributed by atoms with Crippen molar-refractivity contribution in [2.45, 2.75) is 26.5 Å². The van der Waals surface area contributed by atoms with Gasteiger partial charge in [-0.1, -0.05) is 86.7 Å². The van der Waals surface area contributed by atoms with Gasteiger partial charge in [0.25, 0.3) is 0 Å². The minimum atomic E-state index is -0.488. The lowest BCUT2D eigenvalue weighted by Crippen LogP contribution is -2.45. The van der Waals surface area contributed by atoms with Gasteiger partial charge >= 0.3 is 6.09 Å². The van der Waals surface area contributed by atoms with E-state index < -0.39 is 6.09 Å². The average Bonchev–Trinajstić information content (AvgIpc) is 2.61. The zero-order valence-electron chi connectivity index (χ0n) is 14.1. The molecular formula is C20H24N2O2. The first-order valence-corrected chi connectivity index (χ1v) is 8.10. The molecular weight excluding hydrogens is 300 g/mol. The molecule has 0 radical (unpaired) electrons. The topological polar surface area (TPSA) is 50.4 Å². The zero-order valence-corrected chi connectivity index (χ0v) is 14.1. The van der Waals surface area contributed by atoms with E-state index >= 15 is 0 Å². The predicted molar refractivity (Wildman–Crippen MR) is 97.0 cm³/mol. The van der Waals surface area contributed by atoms with E-state index in [-0.39, 0.29) is 12.6 Å². The monoisotopic (exact) mass is 324 g/mol. The third-order valence-corrected chi connectivity index (χ3v) is 3.57. The maximum absolute atomic E-state index is 11.8. The fourth-order valence-corrected chi connectivity index (χ4v) is 2.12. The second kappa shape index (κ2) is 9.53. The van der Waals surface area contributed by atoms with Crippen LogP contribution >= 0.6 is 0 Å². The van der Waals surface area contributed by atoms with Crippen molar-refractivity contribution in [3.63, 3.8) is 0 Å². The van der Waals surface area contributed by atoms with Crippen molar-refractivity contribution in [3.8, 4) is 0 Å². The molecule has 0 spiro atoms. The van der Waals surface area contributed by atoms with Crippen molar-refractivity contribution < 1.29 is 9.53 Å². The highest BCUT2D eigenvalue weighted by atomic mass is 16.6. The van der Waals surface area contributed by atoms with Crippen molar-refractivity contribution >= 4 is 12.2 Å². The molecule has 0 aliphatic carbocycles. The maximum atomic E-state index is 11.8. The molecule has 126 valence electrons. The maximum Gasteiger partial charge on any atom is 0.421 e. The standard InChI is InChI=1S/C20H24N2O2/c1-16(2)19(14-13-17-9-5-3-6-10-17)21-22-20(23)24-15-18-11-7-4-8-12-18/h3-14,16,19,21H,15H2,1-2H3,(H,22,23)/b14-13+/t19-/m0/s1. The Bertz CT molecular complexity index is 639. The van der Waals surface area contributed by atoms with Gasteiger partial charge in [-0.15, -0.1) is 0 Å². The van der Waals surface area contributed by atoms with E-state index in [0.29, 0.717) is 5.92 Å². The van der Waals surface area contributed by atoms with E-state index in [1.807, 2.05) is 72.8 Å². The van der Waals surface area contributed by atoms with Crippen LogP contribution in [0.4, 0.5) is 4.79 Å². The van der Waals surface area contributed by atoms with Gasteiger partial charge in [-0.2, -0.15) is 0 Å². The summed E-state index contributed by atoms with van der Waals surface area (Å²) in [6, 6.07) is 19.7. The SMILES string of the molecule is CC(C)[C@H](/C=C/c1ccccc1)NNC(=O)OCc1ccccc1. The van der Waals surface area contributed by atoms with Crippen LogP contribution < -0.4 is 10.9 Å². The van der Waals surface area contributed by atoms with E-state index in [1.54, 1.807) is 0 Å². The molecule has 0 saturated heterocycles. The van der Waals surface area contributed by atoms with Gasteiger partial charge in [0, 0.05) is 6.04 Å². The number of ether oxygens (including phenoxy) is 1. The number of benzene rings is 2. The normalized spacial score (nSPS) is 12.3. The molecule has 0 aliphatic rings. The van der Waals surface area contributed by atoms with E-state index in [1.165, 1.54) is 0 Å². The largest absolute Gasteiger partial charge is 0.444 e. The number of hydrogen-bond donors (Lipinski definition) is 2. The Morgan fingerprint density at radius 1 is 1.04 bits per heavy atom. The summed E-state index contributed by atoms with van der Waals surface area (Å²) in [5.74, 6) is 0.319. The smallest absolute Gasteiger partial charge is 0.421 e. The molecule has 2 N–H and O–H groups in total. The highest BCUT2D eigenvalue weighted by Crippen LogP contribution is 2.07. The summed E-state index contributed by atoms with van der Waals surface area (Å²) >= 11 is 0. The van der Waals surface area contributed by atoms with Crippen molar-refractivity contribution in [2.24, 2.45) is 5.92 Å². The summed E-state index contributed by atoms with van der Waals surface area (Å²) in [6.45, 7) is 4.43. The Kier molecular flexibility index (Phi) is 7.05. The van der Waals surface area contributed by atoms with Crippen LogP contribution in [0.15, 0.2) is 66.7 Å². The number of nitrogens with one attached hydrogen (secondary N) is 2. The number of amides is 1.